The van der Waals surface area contributed by atoms with E-state index in [1.165, 1.54) is 0 Å². The Bertz CT molecular complexity index is 320. The molecule has 1 aliphatic rings. The van der Waals surface area contributed by atoms with Crippen LogP contribution < -0.4 is 11.5 Å². The molecule has 0 aliphatic carbocycles. The fourth-order valence-corrected chi connectivity index (χ4v) is 1.48. The first kappa shape index (κ1) is 17.4. The Morgan fingerprint density at radius 1 is 1.50 bits per heavy atom. The minimum Gasteiger partial charge on any atom is -0.375 e. The summed E-state index contributed by atoms with van der Waals surface area (Å²) >= 11 is 0. The highest BCUT2D eigenvalue weighted by molar-refractivity contribution is 14.0. The van der Waals surface area contributed by atoms with E-state index >= 15 is 0 Å². The fourth-order valence-electron chi connectivity index (χ4n) is 1.48. The molecular formula is C11H23IN4O2. The van der Waals surface area contributed by atoms with Gasteiger partial charge in [-0.05, 0) is 20.8 Å². The molecule has 18 heavy (non-hydrogen) atoms. The lowest BCUT2D eigenvalue weighted by Crippen LogP contribution is -2.48. The van der Waals surface area contributed by atoms with E-state index in [1.54, 1.807) is 13.8 Å². The van der Waals surface area contributed by atoms with Crippen LogP contribution in [0.15, 0.2) is 4.99 Å². The van der Waals surface area contributed by atoms with Crippen molar-refractivity contribution in [3.8, 4) is 0 Å². The number of primary amides is 1. The number of halogens is 1. The van der Waals surface area contributed by atoms with Crippen molar-refractivity contribution in [3.63, 3.8) is 0 Å². The van der Waals surface area contributed by atoms with Gasteiger partial charge in [-0.3, -0.25) is 9.79 Å². The van der Waals surface area contributed by atoms with Gasteiger partial charge < -0.3 is 21.1 Å². The summed E-state index contributed by atoms with van der Waals surface area (Å²) in [4.78, 5) is 17.3. The molecule has 1 fully saturated rings. The SMILES string of the molecule is CC1CN(C(N)=NCC(C)(C)C(N)=O)CCO1.I. The molecule has 1 atom stereocenters. The molecule has 0 aromatic heterocycles. The Morgan fingerprint density at radius 2 is 2.11 bits per heavy atom. The molecule has 1 saturated heterocycles. The Kier molecular flexibility index (Phi) is 6.90. The molecule has 1 rings (SSSR count). The van der Waals surface area contributed by atoms with Crippen molar-refractivity contribution in [3.05, 3.63) is 0 Å². The normalized spacial score (nSPS) is 21.4. The Hall–Kier alpha value is -0.570. The minimum absolute atomic E-state index is 0. The first-order chi connectivity index (χ1) is 7.83. The van der Waals surface area contributed by atoms with E-state index in [2.05, 4.69) is 4.99 Å². The number of ether oxygens (including phenoxy) is 1. The molecule has 7 heteroatoms. The smallest absolute Gasteiger partial charge is 0.224 e. The van der Waals surface area contributed by atoms with Crippen molar-refractivity contribution < 1.29 is 9.53 Å². The number of nitrogens with two attached hydrogens (primary N) is 2. The average molecular weight is 370 g/mol. The summed E-state index contributed by atoms with van der Waals surface area (Å²) in [5.74, 6) is 0.0823. The summed E-state index contributed by atoms with van der Waals surface area (Å²) in [5, 5.41) is 0. The summed E-state index contributed by atoms with van der Waals surface area (Å²) in [6.07, 6.45) is 0.154. The Labute approximate surface area is 125 Å². The van der Waals surface area contributed by atoms with Crippen molar-refractivity contribution in [2.45, 2.75) is 26.9 Å². The van der Waals surface area contributed by atoms with Crippen LogP contribution in [0.25, 0.3) is 0 Å². The second-order valence-corrected chi connectivity index (χ2v) is 5.05. The molecule has 106 valence electrons. The molecule has 1 heterocycles. The molecule has 1 amide bonds. The second kappa shape index (κ2) is 7.13. The molecule has 6 nitrogen and oxygen atoms in total. The van der Waals surface area contributed by atoms with E-state index in [9.17, 15) is 4.79 Å². The van der Waals surface area contributed by atoms with Gasteiger partial charge in [0.1, 0.15) is 0 Å². The van der Waals surface area contributed by atoms with E-state index in [0.717, 1.165) is 13.1 Å². The van der Waals surface area contributed by atoms with Crippen molar-refractivity contribution >= 4 is 35.8 Å². The number of carbonyl (C=O) groups excluding carboxylic acids is 1. The third kappa shape index (κ3) is 4.97. The monoisotopic (exact) mass is 370 g/mol. The van der Waals surface area contributed by atoms with Crippen LogP contribution >= 0.6 is 24.0 Å². The molecule has 0 aromatic carbocycles. The fraction of sp³-hybridized carbons (Fsp3) is 0.818. The number of hydrogen-bond donors (Lipinski definition) is 2. The van der Waals surface area contributed by atoms with Crippen LogP contribution in [0.2, 0.25) is 0 Å². The van der Waals surface area contributed by atoms with Crippen molar-refractivity contribution in [1.29, 1.82) is 0 Å². The first-order valence-electron chi connectivity index (χ1n) is 5.79. The van der Waals surface area contributed by atoms with Gasteiger partial charge in [0.25, 0.3) is 0 Å². The van der Waals surface area contributed by atoms with Gasteiger partial charge in [-0.2, -0.15) is 0 Å². The summed E-state index contributed by atoms with van der Waals surface area (Å²) in [7, 11) is 0. The molecule has 0 saturated carbocycles. The number of guanidine groups is 1. The largest absolute Gasteiger partial charge is 0.375 e. The van der Waals surface area contributed by atoms with E-state index in [0.29, 0.717) is 19.1 Å². The highest BCUT2D eigenvalue weighted by Crippen LogP contribution is 2.14. The van der Waals surface area contributed by atoms with Gasteiger partial charge >= 0.3 is 0 Å². The molecule has 0 spiro atoms. The molecule has 4 N–H and O–H groups in total. The molecular weight excluding hydrogens is 347 g/mol. The van der Waals surface area contributed by atoms with Gasteiger partial charge in [-0.25, -0.2) is 0 Å². The maximum absolute atomic E-state index is 11.1. The first-order valence-corrected chi connectivity index (χ1v) is 5.79. The quantitative estimate of drug-likeness (QED) is 0.420. The molecule has 0 bridgehead atoms. The topological polar surface area (TPSA) is 93.9 Å². The number of morpholine rings is 1. The van der Waals surface area contributed by atoms with Crippen molar-refractivity contribution in [1.82, 2.24) is 4.90 Å². The van der Waals surface area contributed by atoms with Gasteiger partial charge in [-0.15, -0.1) is 24.0 Å². The van der Waals surface area contributed by atoms with Crippen LogP contribution in [0.1, 0.15) is 20.8 Å². The van der Waals surface area contributed by atoms with Gasteiger partial charge in [0, 0.05) is 13.1 Å². The van der Waals surface area contributed by atoms with Crippen molar-refractivity contribution in [2.24, 2.45) is 21.9 Å². The van der Waals surface area contributed by atoms with Crippen LogP contribution in [0.3, 0.4) is 0 Å². The number of nitrogens with zero attached hydrogens (tertiary/aromatic N) is 2. The third-order valence-corrected chi connectivity index (χ3v) is 2.87. The maximum atomic E-state index is 11.1. The van der Waals surface area contributed by atoms with E-state index in [4.69, 9.17) is 16.2 Å². The van der Waals surface area contributed by atoms with Gasteiger partial charge in [0.05, 0.1) is 24.7 Å². The minimum atomic E-state index is -0.664. The van der Waals surface area contributed by atoms with Crippen LogP contribution in [-0.2, 0) is 9.53 Å². The highest BCUT2D eigenvalue weighted by atomic mass is 127. The highest BCUT2D eigenvalue weighted by Gasteiger charge is 2.25. The molecule has 1 unspecified atom stereocenters. The lowest BCUT2D eigenvalue weighted by molar-refractivity contribution is -0.125. The van der Waals surface area contributed by atoms with E-state index in [-0.39, 0.29) is 36.0 Å². The van der Waals surface area contributed by atoms with Crippen LogP contribution in [0, 0.1) is 5.41 Å². The predicted molar refractivity (Wildman–Crippen MR) is 81.9 cm³/mol. The predicted octanol–water partition coefficient (Wildman–Crippen LogP) is 0.151. The standard InChI is InChI=1S/C11H22N4O2.HI/c1-8-6-15(4-5-17-8)10(13)14-7-11(2,3)9(12)16;/h8H,4-7H2,1-3H3,(H2,12,16)(H2,13,14);1H. The lowest BCUT2D eigenvalue weighted by Gasteiger charge is -2.32. The summed E-state index contributed by atoms with van der Waals surface area (Å²) < 4.78 is 5.42. The number of aliphatic imine (C=N–C) groups is 1. The lowest BCUT2D eigenvalue weighted by atomic mass is 9.93. The summed E-state index contributed by atoms with van der Waals surface area (Å²) in [5.41, 5.74) is 10.5. The van der Waals surface area contributed by atoms with Gasteiger partial charge in [0.15, 0.2) is 5.96 Å². The zero-order valence-corrected chi connectivity index (χ0v) is 13.5. The van der Waals surface area contributed by atoms with E-state index < -0.39 is 5.41 Å². The third-order valence-electron chi connectivity index (χ3n) is 2.87. The Balaban J connectivity index is 0.00000289. The number of carbonyl (C=O) groups is 1. The van der Waals surface area contributed by atoms with Crippen LogP contribution in [0.5, 0.6) is 0 Å². The Morgan fingerprint density at radius 3 is 2.61 bits per heavy atom. The average Bonchev–Trinajstić information content (AvgIpc) is 2.25. The summed E-state index contributed by atoms with van der Waals surface area (Å²) in [6, 6.07) is 0. The summed E-state index contributed by atoms with van der Waals surface area (Å²) in [6.45, 7) is 7.93. The van der Waals surface area contributed by atoms with Gasteiger partial charge in [-0.1, -0.05) is 0 Å². The zero-order chi connectivity index (χ0) is 13.1. The van der Waals surface area contributed by atoms with Crippen LogP contribution in [-0.4, -0.2) is 49.1 Å². The van der Waals surface area contributed by atoms with Crippen LogP contribution in [0.4, 0.5) is 0 Å². The van der Waals surface area contributed by atoms with Crippen molar-refractivity contribution in [2.75, 3.05) is 26.2 Å². The number of rotatable bonds is 3. The van der Waals surface area contributed by atoms with Gasteiger partial charge in [0.2, 0.25) is 5.91 Å². The maximum Gasteiger partial charge on any atom is 0.224 e. The van der Waals surface area contributed by atoms with E-state index in [1.807, 2.05) is 11.8 Å². The number of amides is 1. The molecule has 0 radical (unpaired) electrons. The molecule has 0 aromatic rings. The zero-order valence-electron chi connectivity index (χ0n) is 11.2. The number of hydrogen-bond acceptors (Lipinski definition) is 3. The second-order valence-electron chi connectivity index (χ2n) is 5.05. The molecule has 1 aliphatic heterocycles.